The Morgan fingerprint density at radius 1 is 0.319 bits per heavy atom. The van der Waals surface area contributed by atoms with Crippen molar-refractivity contribution in [1.82, 2.24) is 0 Å². The van der Waals surface area contributed by atoms with E-state index in [1.165, 1.54) is 148 Å². The Bertz CT molecular complexity index is 1410. The minimum atomic E-state index is -0.578. The van der Waals surface area contributed by atoms with Gasteiger partial charge in [0.05, 0.1) is 6.61 Å². The number of allylic oxidation sites excluding steroid dienone is 18. The van der Waals surface area contributed by atoms with Crippen LogP contribution in [0.4, 0.5) is 0 Å². The van der Waals surface area contributed by atoms with Gasteiger partial charge in [-0.25, -0.2) is 0 Å². The molecule has 0 N–H and O–H groups in total. The van der Waals surface area contributed by atoms with Crippen LogP contribution in [0.3, 0.4) is 0 Å². The molecular formula is C67H114O5. The molecule has 0 aliphatic carbocycles. The van der Waals surface area contributed by atoms with Gasteiger partial charge in [-0.2, -0.15) is 0 Å². The van der Waals surface area contributed by atoms with Crippen LogP contribution in [0.25, 0.3) is 0 Å². The van der Waals surface area contributed by atoms with Crippen LogP contribution in [0, 0.1) is 0 Å². The largest absolute Gasteiger partial charge is 0.462 e. The highest BCUT2D eigenvalue weighted by molar-refractivity contribution is 5.70. The zero-order valence-electron chi connectivity index (χ0n) is 47.4. The topological polar surface area (TPSA) is 61.8 Å². The number of ether oxygens (including phenoxy) is 3. The fourth-order valence-corrected chi connectivity index (χ4v) is 8.26. The number of rotatable bonds is 55. The van der Waals surface area contributed by atoms with Crippen molar-refractivity contribution in [2.24, 2.45) is 0 Å². The summed E-state index contributed by atoms with van der Waals surface area (Å²) in [5, 5.41) is 0. The van der Waals surface area contributed by atoms with E-state index in [0.29, 0.717) is 19.4 Å². The van der Waals surface area contributed by atoms with E-state index in [9.17, 15) is 9.59 Å². The lowest BCUT2D eigenvalue weighted by atomic mass is 10.1. The molecule has 0 heterocycles. The molecule has 0 aromatic carbocycles. The van der Waals surface area contributed by atoms with Crippen LogP contribution in [0.2, 0.25) is 0 Å². The van der Waals surface area contributed by atoms with Crippen molar-refractivity contribution in [3.05, 3.63) is 109 Å². The SMILES string of the molecule is CC/C=C\C/C=C\C/C=C\C/C=C\C/C=C\C/C=C\CCCOCC(COC(=O)CCCCCCCCCCC/C=C\C/C=C\CCCCC)OC(=O)CCCCCCCCC/C=C\CCCCCCCC. The Labute approximate surface area is 446 Å². The molecule has 0 aliphatic heterocycles. The van der Waals surface area contributed by atoms with Crippen molar-refractivity contribution in [3.63, 3.8) is 0 Å². The maximum atomic E-state index is 12.9. The Balaban J connectivity index is 4.40. The van der Waals surface area contributed by atoms with Crippen LogP contribution in [0.1, 0.15) is 278 Å². The number of hydrogen-bond donors (Lipinski definition) is 0. The summed E-state index contributed by atoms with van der Waals surface area (Å²) in [6, 6.07) is 0. The molecule has 1 unspecified atom stereocenters. The standard InChI is InChI=1S/C67H114O5/c1-4-7-10-13-16-19-22-25-28-31-33-35-38-41-44-47-50-53-56-59-62-70-63-65(72-67(69)61-58-55-52-49-46-43-40-36-30-27-24-21-18-15-12-9-6-3)64-71-66(68)60-57-54-51-48-45-42-39-37-34-32-29-26-23-20-17-14-11-8-5-2/h7,10,16-17,19-20,25-30,33,35,41,44,50,53,65H,4-6,8-9,11-15,18,21-24,31-32,34,36-40,42-43,45-49,51-52,54-64H2,1-3H3/b10-7-,19-16-,20-17-,28-25-,29-26-,30-27-,35-33-,44-41-,53-50-. The normalized spacial score (nSPS) is 13.0. The quantitative estimate of drug-likeness (QED) is 0.0345. The number of carbonyl (C=O) groups is 2. The highest BCUT2D eigenvalue weighted by Crippen LogP contribution is 2.15. The molecule has 412 valence electrons. The van der Waals surface area contributed by atoms with Gasteiger partial charge in [0.25, 0.3) is 0 Å². The van der Waals surface area contributed by atoms with E-state index < -0.39 is 6.10 Å². The molecule has 0 aliphatic rings. The van der Waals surface area contributed by atoms with Crippen molar-refractivity contribution in [3.8, 4) is 0 Å². The van der Waals surface area contributed by atoms with Gasteiger partial charge in [-0.3, -0.25) is 9.59 Å². The molecule has 0 saturated carbocycles. The molecule has 0 bridgehead atoms. The summed E-state index contributed by atoms with van der Waals surface area (Å²) in [7, 11) is 0. The number of unbranched alkanes of at least 4 members (excludes halogenated alkanes) is 26. The number of esters is 2. The van der Waals surface area contributed by atoms with E-state index in [4.69, 9.17) is 14.2 Å². The molecule has 0 rings (SSSR count). The molecule has 0 radical (unpaired) electrons. The minimum absolute atomic E-state index is 0.0535. The summed E-state index contributed by atoms with van der Waals surface area (Å²) in [6.07, 6.45) is 85.5. The van der Waals surface area contributed by atoms with Crippen LogP contribution in [0.15, 0.2) is 109 Å². The Morgan fingerprint density at radius 3 is 1.04 bits per heavy atom. The minimum Gasteiger partial charge on any atom is -0.462 e. The summed E-state index contributed by atoms with van der Waals surface area (Å²) in [6.45, 7) is 7.55. The number of hydrogen-bond acceptors (Lipinski definition) is 5. The first kappa shape index (κ1) is 68.6. The van der Waals surface area contributed by atoms with E-state index in [2.05, 4.69) is 130 Å². The summed E-state index contributed by atoms with van der Waals surface area (Å²) in [5.74, 6) is -0.436. The van der Waals surface area contributed by atoms with Gasteiger partial charge in [0, 0.05) is 19.4 Å². The second-order valence-electron chi connectivity index (χ2n) is 19.9. The Morgan fingerprint density at radius 2 is 0.625 bits per heavy atom. The van der Waals surface area contributed by atoms with Crippen molar-refractivity contribution >= 4 is 11.9 Å². The maximum Gasteiger partial charge on any atom is 0.306 e. The Kier molecular flexibility index (Phi) is 58.9. The third-order valence-electron chi connectivity index (χ3n) is 12.8. The first-order chi connectivity index (χ1) is 35.6. The number of carbonyl (C=O) groups excluding carboxylic acids is 2. The van der Waals surface area contributed by atoms with Gasteiger partial charge < -0.3 is 14.2 Å². The first-order valence-electron chi connectivity index (χ1n) is 30.4. The van der Waals surface area contributed by atoms with Crippen molar-refractivity contribution in [1.29, 1.82) is 0 Å². The smallest absolute Gasteiger partial charge is 0.306 e. The monoisotopic (exact) mass is 999 g/mol. The summed E-state index contributed by atoms with van der Waals surface area (Å²) >= 11 is 0. The second-order valence-corrected chi connectivity index (χ2v) is 19.9. The zero-order valence-corrected chi connectivity index (χ0v) is 47.4. The lowest BCUT2D eigenvalue weighted by molar-refractivity contribution is -0.163. The van der Waals surface area contributed by atoms with E-state index >= 15 is 0 Å². The van der Waals surface area contributed by atoms with E-state index in [1.54, 1.807) is 0 Å². The van der Waals surface area contributed by atoms with Crippen LogP contribution >= 0.6 is 0 Å². The molecule has 0 spiro atoms. The van der Waals surface area contributed by atoms with Crippen molar-refractivity contribution < 1.29 is 23.8 Å². The molecule has 72 heavy (non-hydrogen) atoms. The fraction of sp³-hybridized carbons (Fsp3) is 0.701. The van der Waals surface area contributed by atoms with Crippen LogP contribution in [-0.4, -0.2) is 37.9 Å². The summed E-state index contributed by atoms with van der Waals surface area (Å²) in [4.78, 5) is 25.6. The van der Waals surface area contributed by atoms with Crippen LogP contribution in [-0.2, 0) is 23.8 Å². The average molecular weight is 1000 g/mol. The molecule has 1 atom stereocenters. The highest BCUT2D eigenvalue weighted by atomic mass is 16.6. The van der Waals surface area contributed by atoms with Crippen LogP contribution < -0.4 is 0 Å². The average Bonchev–Trinajstić information content (AvgIpc) is 3.38. The predicted molar refractivity (Wildman–Crippen MR) is 316 cm³/mol. The van der Waals surface area contributed by atoms with Gasteiger partial charge in [0.1, 0.15) is 6.61 Å². The molecule has 0 aromatic rings. The molecule has 0 fully saturated rings. The maximum absolute atomic E-state index is 12.9. The highest BCUT2D eigenvalue weighted by Gasteiger charge is 2.17. The van der Waals surface area contributed by atoms with Gasteiger partial charge in [0.15, 0.2) is 6.10 Å². The van der Waals surface area contributed by atoms with Crippen molar-refractivity contribution in [2.75, 3.05) is 19.8 Å². The third-order valence-corrected chi connectivity index (χ3v) is 12.8. The summed E-state index contributed by atoms with van der Waals surface area (Å²) in [5.41, 5.74) is 0. The van der Waals surface area contributed by atoms with E-state index in [0.717, 1.165) is 96.3 Å². The second kappa shape index (κ2) is 61.9. The molecular weight excluding hydrogens is 885 g/mol. The summed E-state index contributed by atoms with van der Waals surface area (Å²) < 4.78 is 17.4. The molecule has 5 nitrogen and oxygen atoms in total. The lowest BCUT2D eigenvalue weighted by Gasteiger charge is -2.18. The van der Waals surface area contributed by atoms with Gasteiger partial charge in [-0.05, 0) is 122 Å². The van der Waals surface area contributed by atoms with E-state index in [-0.39, 0.29) is 25.2 Å². The van der Waals surface area contributed by atoms with Gasteiger partial charge in [-0.15, -0.1) is 0 Å². The van der Waals surface area contributed by atoms with Gasteiger partial charge >= 0.3 is 11.9 Å². The molecule has 0 saturated heterocycles. The molecule has 0 aromatic heterocycles. The predicted octanol–water partition coefficient (Wildman–Crippen LogP) is 21.1. The van der Waals surface area contributed by atoms with Gasteiger partial charge in [-0.1, -0.05) is 252 Å². The zero-order chi connectivity index (χ0) is 52.0. The third kappa shape index (κ3) is 59.1. The van der Waals surface area contributed by atoms with Crippen molar-refractivity contribution in [2.45, 2.75) is 284 Å². The fourth-order valence-electron chi connectivity index (χ4n) is 8.26. The lowest BCUT2D eigenvalue weighted by Crippen LogP contribution is -2.30. The Hall–Kier alpha value is -3.44. The van der Waals surface area contributed by atoms with Crippen LogP contribution in [0.5, 0.6) is 0 Å². The molecule has 0 amide bonds. The first-order valence-corrected chi connectivity index (χ1v) is 30.4. The molecule has 5 heteroatoms. The van der Waals surface area contributed by atoms with E-state index in [1.807, 2.05) is 0 Å². The van der Waals surface area contributed by atoms with Gasteiger partial charge in [0.2, 0.25) is 0 Å².